The number of aryl methyl sites for hydroxylation is 1. The highest BCUT2D eigenvalue weighted by Gasteiger charge is 2.10. The van der Waals surface area contributed by atoms with Crippen LogP contribution in [0, 0.1) is 6.92 Å². The molecule has 84 valence electrons. The molecule has 0 aliphatic carbocycles. The molecule has 4 heteroatoms. The maximum Gasteiger partial charge on any atom is 0.387 e. The van der Waals surface area contributed by atoms with Crippen LogP contribution in [0.2, 0.25) is 0 Å². The zero-order valence-electron chi connectivity index (χ0n) is 8.84. The van der Waals surface area contributed by atoms with Gasteiger partial charge in [0.25, 0.3) is 0 Å². The topological polar surface area (TPSA) is 35.2 Å². The van der Waals surface area contributed by atoms with Crippen molar-refractivity contribution in [1.82, 2.24) is 0 Å². The molecule has 0 aliphatic heterocycles. The summed E-state index contributed by atoms with van der Waals surface area (Å²) < 4.78 is 28.5. The van der Waals surface area contributed by atoms with Crippen molar-refractivity contribution in [2.75, 3.05) is 6.54 Å². The van der Waals surface area contributed by atoms with Crippen molar-refractivity contribution in [2.45, 2.75) is 26.4 Å². The summed E-state index contributed by atoms with van der Waals surface area (Å²) in [5, 5.41) is 0. The maximum atomic E-state index is 12.1. The number of rotatable bonds is 4. The molecule has 1 aromatic carbocycles. The van der Waals surface area contributed by atoms with Gasteiger partial charge in [-0.05, 0) is 36.6 Å². The van der Waals surface area contributed by atoms with E-state index >= 15 is 0 Å². The Hall–Kier alpha value is -1.16. The second kappa shape index (κ2) is 5.07. The number of nitrogens with two attached hydrogens (primary N) is 1. The average Bonchev–Trinajstić information content (AvgIpc) is 2.19. The van der Waals surface area contributed by atoms with Crippen LogP contribution in [0.5, 0.6) is 5.75 Å². The van der Waals surface area contributed by atoms with E-state index in [4.69, 9.17) is 5.73 Å². The van der Waals surface area contributed by atoms with E-state index in [0.717, 1.165) is 5.56 Å². The minimum Gasteiger partial charge on any atom is -0.435 e. The molecule has 1 unspecified atom stereocenters. The average molecular weight is 215 g/mol. The van der Waals surface area contributed by atoms with Gasteiger partial charge >= 0.3 is 6.61 Å². The van der Waals surface area contributed by atoms with Gasteiger partial charge in [-0.15, -0.1) is 0 Å². The van der Waals surface area contributed by atoms with Crippen LogP contribution in [0.4, 0.5) is 8.78 Å². The van der Waals surface area contributed by atoms with Crippen molar-refractivity contribution in [2.24, 2.45) is 5.73 Å². The van der Waals surface area contributed by atoms with Crippen LogP contribution in [0.1, 0.15) is 24.0 Å². The molecule has 2 N–H and O–H groups in total. The van der Waals surface area contributed by atoms with Crippen molar-refractivity contribution in [3.05, 3.63) is 29.3 Å². The Kier molecular flexibility index (Phi) is 4.03. The van der Waals surface area contributed by atoms with Crippen LogP contribution in [-0.2, 0) is 0 Å². The Morgan fingerprint density at radius 1 is 1.40 bits per heavy atom. The molecule has 0 heterocycles. The van der Waals surface area contributed by atoms with Gasteiger partial charge in [0.05, 0.1) is 0 Å². The Labute approximate surface area is 88.0 Å². The van der Waals surface area contributed by atoms with E-state index in [-0.39, 0.29) is 11.7 Å². The lowest BCUT2D eigenvalue weighted by Gasteiger charge is -2.13. The van der Waals surface area contributed by atoms with Gasteiger partial charge in [0.15, 0.2) is 0 Å². The number of hydrogen-bond acceptors (Lipinski definition) is 2. The smallest absolute Gasteiger partial charge is 0.387 e. The molecule has 1 atom stereocenters. The standard InChI is InChI=1S/C11H15F2NO/c1-7-3-4-9(8(2)6-14)5-10(7)15-11(12)13/h3-5,8,11H,6,14H2,1-2H3. The van der Waals surface area contributed by atoms with Gasteiger partial charge in [-0.25, -0.2) is 0 Å². The third kappa shape index (κ3) is 3.16. The highest BCUT2D eigenvalue weighted by Crippen LogP contribution is 2.25. The van der Waals surface area contributed by atoms with Gasteiger partial charge in [0, 0.05) is 0 Å². The summed E-state index contributed by atoms with van der Waals surface area (Å²) in [6, 6.07) is 5.27. The fourth-order valence-corrected chi connectivity index (χ4v) is 1.28. The summed E-state index contributed by atoms with van der Waals surface area (Å²) in [5.74, 6) is 0.369. The predicted molar refractivity (Wildman–Crippen MR) is 55.3 cm³/mol. The van der Waals surface area contributed by atoms with Gasteiger partial charge < -0.3 is 10.5 Å². The Bertz CT molecular complexity index is 328. The molecular formula is C11H15F2NO. The minimum atomic E-state index is -2.79. The van der Waals surface area contributed by atoms with E-state index < -0.39 is 6.61 Å². The molecule has 2 nitrogen and oxygen atoms in total. The molecule has 1 rings (SSSR count). The van der Waals surface area contributed by atoms with Crippen molar-refractivity contribution in [3.63, 3.8) is 0 Å². The van der Waals surface area contributed by atoms with Crippen molar-refractivity contribution < 1.29 is 13.5 Å². The summed E-state index contributed by atoms with van der Waals surface area (Å²) in [6.07, 6.45) is 0. The van der Waals surface area contributed by atoms with Gasteiger partial charge in [-0.3, -0.25) is 0 Å². The highest BCUT2D eigenvalue weighted by atomic mass is 19.3. The summed E-state index contributed by atoms with van der Waals surface area (Å²) in [7, 11) is 0. The minimum absolute atomic E-state index is 0.144. The number of ether oxygens (including phenoxy) is 1. The second-order valence-electron chi connectivity index (χ2n) is 3.54. The van der Waals surface area contributed by atoms with E-state index in [1.54, 1.807) is 19.1 Å². The van der Waals surface area contributed by atoms with Crippen LogP contribution in [0.15, 0.2) is 18.2 Å². The van der Waals surface area contributed by atoms with E-state index in [0.29, 0.717) is 12.1 Å². The number of halogens is 2. The maximum absolute atomic E-state index is 12.1. The van der Waals surface area contributed by atoms with E-state index in [2.05, 4.69) is 4.74 Å². The van der Waals surface area contributed by atoms with Gasteiger partial charge in [0.1, 0.15) is 5.75 Å². The van der Waals surface area contributed by atoms with E-state index in [1.807, 2.05) is 13.0 Å². The Morgan fingerprint density at radius 2 is 2.07 bits per heavy atom. The SMILES string of the molecule is Cc1ccc(C(C)CN)cc1OC(F)F. The van der Waals surface area contributed by atoms with E-state index in [1.165, 1.54) is 0 Å². The molecule has 0 fully saturated rings. The van der Waals surface area contributed by atoms with Gasteiger partial charge in [-0.1, -0.05) is 19.1 Å². The quantitative estimate of drug-likeness (QED) is 0.838. The van der Waals surface area contributed by atoms with Gasteiger partial charge in [-0.2, -0.15) is 8.78 Å². The first kappa shape index (κ1) is 11.9. The first-order valence-electron chi connectivity index (χ1n) is 4.80. The number of hydrogen-bond donors (Lipinski definition) is 1. The van der Waals surface area contributed by atoms with Crippen LogP contribution in [-0.4, -0.2) is 13.2 Å². The largest absolute Gasteiger partial charge is 0.435 e. The monoisotopic (exact) mass is 215 g/mol. The lowest BCUT2D eigenvalue weighted by atomic mass is 10.00. The molecular weight excluding hydrogens is 200 g/mol. The number of benzene rings is 1. The highest BCUT2D eigenvalue weighted by molar-refractivity contribution is 5.38. The van der Waals surface area contributed by atoms with Crippen molar-refractivity contribution >= 4 is 0 Å². The molecule has 0 bridgehead atoms. The lowest BCUT2D eigenvalue weighted by Crippen LogP contribution is -2.10. The van der Waals surface area contributed by atoms with Crippen molar-refractivity contribution in [3.8, 4) is 5.75 Å². The molecule has 0 aliphatic rings. The van der Waals surface area contributed by atoms with Crippen LogP contribution < -0.4 is 10.5 Å². The first-order chi connectivity index (χ1) is 7.04. The lowest BCUT2D eigenvalue weighted by molar-refractivity contribution is -0.0503. The van der Waals surface area contributed by atoms with Crippen LogP contribution in [0.25, 0.3) is 0 Å². The summed E-state index contributed by atoms with van der Waals surface area (Å²) in [4.78, 5) is 0. The summed E-state index contributed by atoms with van der Waals surface area (Å²) in [6.45, 7) is 1.37. The first-order valence-corrected chi connectivity index (χ1v) is 4.80. The summed E-state index contributed by atoms with van der Waals surface area (Å²) >= 11 is 0. The number of alkyl halides is 2. The summed E-state index contributed by atoms with van der Waals surface area (Å²) in [5.41, 5.74) is 7.12. The van der Waals surface area contributed by atoms with Crippen LogP contribution in [0.3, 0.4) is 0 Å². The third-order valence-electron chi connectivity index (χ3n) is 2.35. The molecule has 0 aromatic heterocycles. The van der Waals surface area contributed by atoms with E-state index in [9.17, 15) is 8.78 Å². The zero-order chi connectivity index (χ0) is 11.4. The molecule has 1 aromatic rings. The molecule has 0 radical (unpaired) electrons. The zero-order valence-corrected chi connectivity index (χ0v) is 8.84. The Morgan fingerprint density at radius 3 is 2.60 bits per heavy atom. The Balaban J connectivity index is 2.94. The fraction of sp³-hybridized carbons (Fsp3) is 0.455. The molecule has 0 saturated heterocycles. The fourth-order valence-electron chi connectivity index (χ4n) is 1.28. The third-order valence-corrected chi connectivity index (χ3v) is 2.35. The molecule has 0 amide bonds. The molecule has 15 heavy (non-hydrogen) atoms. The predicted octanol–water partition coefficient (Wildman–Crippen LogP) is 2.66. The van der Waals surface area contributed by atoms with Crippen molar-refractivity contribution in [1.29, 1.82) is 0 Å². The van der Waals surface area contributed by atoms with Crippen LogP contribution >= 0.6 is 0 Å². The van der Waals surface area contributed by atoms with Gasteiger partial charge in [0.2, 0.25) is 0 Å². The molecule has 0 spiro atoms. The normalized spacial score (nSPS) is 12.9. The second-order valence-corrected chi connectivity index (χ2v) is 3.54. The molecule has 0 saturated carbocycles.